The molecule has 1 rings (SSSR count). The lowest BCUT2D eigenvalue weighted by Gasteiger charge is -2.18. The van der Waals surface area contributed by atoms with Crippen LogP contribution in [-0.2, 0) is 15.7 Å². The van der Waals surface area contributed by atoms with Crippen molar-refractivity contribution in [1.82, 2.24) is 0 Å². The zero-order valence-electron chi connectivity index (χ0n) is 13.1. The summed E-state index contributed by atoms with van der Waals surface area (Å²) in [6.45, 7) is 4.76. The van der Waals surface area contributed by atoms with Gasteiger partial charge in [0.25, 0.3) is 0 Å². The number of nitrogens with zero attached hydrogens (tertiary/aromatic N) is 1. The Labute approximate surface area is 132 Å². The first-order valence-corrected chi connectivity index (χ1v) is 7.08. The first-order chi connectivity index (χ1) is 10.6. The molecule has 0 aliphatic heterocycles. The van der Waals surface area contributed by atoms with Gasteiger partial charge in [-0.05, 0) is 44.9 Å². The Bertz CT molecular complexity index is 593. The van der Waals surface area contributed by atoms with Gasteiger partial charge in [-0.3, -0.25) is 4.79 Å². The number of alkyl halides is 3. The second-order valence-corrected chi connectivity index (χ2v) is 5.24. The zero-order chi connectivity index (χ0) is 17.6. The number of hydrogen-bond acceptors (Lipinski definition) is 4. The molecule has 0 spiro atoms. The molecule has 0 saturated carbocycles. The highest BCUT2D eigenvalue weighted by atomic mass is 19.4. The van der Waals surface area contributed by atoms with Gasteiger partial charge in [-0.25, -0.2) is 0 Å². The summed E-state index contributed by atoms with van der Waals surface area (Å²) in [7, 11) is 0. The third kappa shape index (κ3) is 6.19. The quantitative estimate of drug-likeness (QED) is 0.738. The molecule has 2 unspecified atom stereocenters. The lowest BCUT2D eigenvalue weighted by Crippen LogP contribution is -2.18. The average molecular weight is 329 g/mol. The van der Waals surface area contributed by atoms with Crippen molar-refractivity contribution in [3.8, 4) is 11.8 Å². The van der Waals surface area contributed by atoms with Crippen LogP contribution in [0.3, 0.4) is 0 Å². The maximum absolute atomic E-state index is 12.9. The van der Waals surface area contributed by atoms with Crippen LogP contribution in [0.15, 0.2) is 18.2 Å². The molecular weight excluding hydrogens is 311 g/mol. The number of benzene rings is 1. The average Bonchev–Trinajstić information content (AvgIpc) is 2.43. The zero-order valence-corrected chi connectivity index (χ0v) is 13.1. The summed E-state index contributed by atoms with van der Waals surface area (Å²) in [5.74, 6) is -0.336. The minimum atomic E-state index is -4.61. The van der Waals surface area contributed by atoms with Crippen LogP contribution in [0.4, 0.5) is 13.2 Å². The highest BCUT2D eigenvalue weighted by molar-refractivity contribution is 5.66. The maximum Gasteiger partial charge on any atom is 0.417 e. The summed E-state index contributed by atoms with van der Waals surface area (Å²) in [6.07, 6.45) is -4.22. The Balaban J connectivity index is 2.70. The van der Waals surface area contributed by atoms with Crippen molar-refractivity contribution >= 4 is 5.97 Å². The number of ether oxygens (including phenoxy) is 2. The van der Waals surface area contributed by atoms with E-state index >= 15 is 0 Å². The van der Waals surface area contributed by atoms with Crippen LogP contribution in [0.2, 0.25) is 0 Å². The third-order valence-corrected chi connectivity index (χ3v) is 3.10. The molecule has 1 aromatic rings. The summed E-state index contributed by atoms with van der Waals surface area (Å²) in [5.41, 5.74) is -1.46. The van der Waals surface area contributed by atoms with Crippen LogP contribution in [0.1, 0.15) is 44.7 Å². The van der Waals surface area contributed by atoms with Gasteiger partial charge in [0.05, 0.1) is 29.4 Å². The highest BCUT2D eigenvalue weighted by Gasteiger charge is 2.34. The standard InChI is InChI=1S/C16H18F3NO3/c1-10(22-12(3)21)4-5-11(2)23-14-7-6-13(9-20)15(8-14)16(17,18)19/h6-8,10-11H,4-5H2,1-3H3. The van der Waals surface area contributed by atoms with Crippen molar-refractivity contribution < 1.29 is 27.4 Å². The Morgan fingerprint density at radius 2 is 1.87 bits per heavy atom. The van der Waals surface area contributed by atoms with Crippen LogP contribution in [0, 0.1) is 11.3 Å². The van der Waals surface area contributed by atoms with Crippen molar-refractivity contribution in [3.63, 3.8) is 0 Å². The molecule has 0 bridgehead atoms. The summed E-state index contributed by atoms with van der Waals surface area (Å²) >= 11 is 0. The van der Waals surface area contributed by atoms with Gasteiger partial charge in [-0.15, -0.1) is 0 Å². The normalized spacial score (nSPS) is 13.8. The van der Waals surface area contributed by atoms with Crippen LogP contribution < -0.4 is 4.74 Å². The molecule has 0 fully saturated rings. The molecule has 0 aliphatic carbocycles. The van der Waals surface area contributed by atoms with Crippen molar-refractivity contribution in [2.75, 3.05) is 0 Å². The highest BCUT2D eigenvalue weighted by Crippen LogP contribution is 2.34. The Hall–Kier alpha value is -2.23. The van der Waals surface area contributed by atoms with E-state index in [4.69, 9.17) is 14.7 Å². The largest absolute Gasteiger partial charge is 0.491 e. The lowest BCUT2D eigenvalue weighted by atomic mass is 10.1. The van der Waals surface area contributed by atoms with Crippen LogP contribution in [0.25, 0.3) is 0 Å². The van der Waals surface area contributed by atoms with Crippen molar-refractivity contribution in [2.45, 2.75) is 52.0 Å². The van der Waals surface area contributed by atoms with E-state index in [2.05, 4.69) is 0 Å². The van der Waals surface area contributed by atoms with E-state index in [-0.39, 0.29) is 23.9 Å². The number of hydrogen-bond donors (Lipinski definition) is 0. The minimum absolute atomic E-state index is 0.0453. The van der Waals surface area contributed by atoms with Crippen LogP contribution in [0.5, 0.6) is 5.75 Å². The first-order valence-electron chi connectivity index (χ1n) is 7.08. The number of carbonyl (C=O) groups is 1. The topological polar surface area (TPSA) is 59.3 Å². The molecule has 4 nitrogen and oxygen atoms in total. The minimum Gasteiger partial charge on any atom is -0.491 e. The summed E-state index contributed by atoms with van der Waals surface area (Å²) < 4.78 is 49.0. The second-order valence-electron chi connectivity index (χ2n) is 5.24. The van der Waals surface area contributed by atoms with Gasteiger partial charge in [0.15, 0.2) is 0 Å². The number of rotatable bonds is 6. The molecule has 0 N–H and O–H groups in total. The predicted octanol–water partition coefficient (Wildman–Crippen LogP) is 4.08. The molecule has 1 aromatic carbocycles. The van der Waals surface area contributed by atoms with E-state index in [9.17, 15) is 18.0 Å². The van der Waals surface area contributed by atoms with Crippen molar-refractivity contribution in [1.29, 1.82) is 5.26 Å². The van der Waals surface area contributed by atoms with Gasteiger partial charge >= 0.3 is 12.1 Å². The fraction of sp³-hybridized carbons (Fsp3) is 0.500. The van der Waals surface area contributed by atoms with Gasteiger partial charge in [0, 0.05) is 6.92 Å². The summed E-state index contributed by atoms with van der Waals surface area (Å²) in [6, 6.07) is 4.76. The maximum atomic E-state index is 12.9. The fourth-order valence-corrected chi connectivity index (χ4v) is 2.03. The third-order valence-electron chi connectivity index (χ3n) is 3.10. The first kappa shape index (κ1) is 18.8. The van der Waals surface area contributed by atoms with Crippen LogP contribution >= 0.6 is 0 Å². The number of halogens is 3. The van der Waals surface area contributed by atoms with Gasteiger partial charge in [0.2, 0.25) is 0 Å². The molecule has 126 valence electrons. The molecule has 23 heavy (non-hydrogen) atoms. The summed E-state index contributed by atoms with van der Waals surface area (Å²) in [4.78, 5) is 10.8. The molecule has 0 radical (unpaired) electrons. The lowest BCUT2D eigenvalue weighted by molar-refractivity contribution is -0.146. The van der Waals surface area contributed by atoms with Gasteiger partial charge in [0.1, 0.15) is 5.75 Å². The van der Waals surface area contributed by atoms with Gasteiger partial charge < -0.3 is 9.47 Å². The molecule has 0 saturated heterocycles. The number of nitriles is 1. The molecule has 0 aromatic heterocycles. The van der Waals surface area contributed by atoms with Crippen LogP contribution in [-0.4, -0.2) is 18.2 Å². The predicted molar refractivity (Wildman–Crippen MR) is 76.7 cm³/mol. The van der Waals surface area contributed by atoms with E-state index < -0.39 is 17.3 Å². The van der Waals surface area contributed by atoms with E-state index in [0.717, 1.165) is 12.1 Å². The molecule has 2 atom stereocenters. The molecule has 0 aliphatic rings. The summed E-state index contributed by atoms with van der Waals surface area (Å²) in [5, 5.41) is 8.74. The van der Waals surface area contributed by atoms with E-state index in [0.29, 0.717) is 12.8 Å². The van der Waals surface area contributed by atoms with Crippen molar-refractivity contribution in [3.05, 3.63) is 29.3 Å². The van der Waals surface area contributed by atoms with Crippen molar-refractivity contribution in [2.24, 2.45) is 0 Å². The fourth-order valence-electron chi connectivity index (χ4n) is 2.03. The molecule has 0 amide bonds. The SMILES string of the molecule is CC(=O)OC(C)CCC(C)Oc1ccc(C#N)c(C(F)(F)F)c1. The van der Waals surface area contributed by atoms with Gasteiger partial charge in [-0.1, -0.05) is 0 Å². The molecular formula is C16H18F3NO3. The van der Waals surface area contributed by atoms with E-state index in [1.807, 2.05) is 0 Å². The second kappa shape index (κ2) is 7.86. The smallest absolute Gasteiger partial charge is 0.417 e. The molecule has 7 heteroatoms. The van der Waals surface area contributed by atoms with E-state index in [1.54, 1.807) is 13.8 Å². The Kier molecular flexibility index (Phi) is 6.43. The van der Waals surface area contributed by atoms with E-state index in [1.165, 1.54) is 19.1 Å². The van der Waals surface area contributed by atoms with Gasteiger partial charge in [-0.2, -0.15) is 18.4 Å². The molecule has 0 heterocycles. The Morgan fingerprint density at radius 1 is 1.26 bits per heavy atom. The monoisotopic (exact) mass is 329 g/mol. The Morgan fingerprint density at radius 3 is 2.39 bits per heavy atom. The number of carbonyl (C=O) groups excluding carboxylic acids is 1. The number of esters is 1.